The standard InChI is InChI=1S/C20H18F4N2O3S/c21-15-3-1-2-12(10-15)4-5-13-6-7-14(11-17(13)30-20(22,23)24)19(28)26-9-8-16(26)18(27)25-29/h1-3,6-7,10-11,16,29H,4-5,8-9H2,(H,25,27)/t16-/m1/s1. The van der Waals surface area contributed by atoms with Crippen LogP contribution in [0.15, 0.2) is 47.4 Å². The van der Waals surface area contributed by atoms with Crippen LogP contribution in [0.5, 0.6) is 0 Å². The molecule has 1 aliphatic rings. The van der Waals surface area contributed by atoms with E-state index in [1.807, 2.05) is 0 Å². The van der Waals surface area contributed by atoms with Crippen molar-refractivity contribution in [2.24, 2.45) is 0 Å². The Morgan fingerprint density at radius 3 is 2.53 bits per heavy atom. The van der Waals surface area contributed by atoms with Gasteiger partial charge in [-0.1, -0.05) is 18.2 Å². The highest BCUT2D eigenvalue weighted by molar-refractivity contribution is 8.00. The van der Waals surface area contributed by atoms with Crippen LogP contribution in [0.1, 0.15) is 27.9 Å². The van der Waals surface area contributed by atoms with Crippen molar-refractivity contribution >= 4 is 23.6 Å². The summed E-state index contributed by atoms with van der Waals surface area (Å²) in [5.74, 6) is -1.75. The first-order chi connectivity index (χ1) is 14.2. The van der Waals surface area contributed by atoms with Gasteiger partial charge in [0.05, 0.1) is 0 Å². The molecule has 2 N–H and O–H groups in total. The van der Waals surface area contributed by atoms with E-state index in [1.165, 1.54) is 40.7 Å². The lowest BCUT2D eigenvalue weighted by Gasteiger charge is -2.39. The lowest BCUT2D eigenvalue weighted by atomic mass is 9.99. The molecule has 2 aromatic rings. The third-order valence-corrected chi connectivity index (χ3v) is 5.64. The minimum absolute atomic E-state index is 0.0201. The van der Waals surface area contributed by atoms with Crippen molar-refractivity contribution in [2.45, 2.75) is 35.7 Å². The average Bonchev–Trinajstić information content (AvgIpc) is 2.64. The molecule has 1 saturated heterocycles. The van der Waals surface area contributed by atoms with Crippen molar-refractivity contribution in [1.29, 1.82) is 0 Å². The molecule has 3 rings (SSSR count). The Morgan fingerprint density at radius 2 is 1.93 bits per heavy atom. The average molecular weight is 442 g/mol. The van der Waals surface area contributed by atoms with Gasteiger partial charge in [0.2, 0.25) is 0 Å². The van der Waals surface area contributed by atoms with E-state index in [4.69, 9.17) is 5.21 Å². The summed E-state index contributed by atoms with van der Waals surface area (Å²) in [6.45, 7) is 0.264. The van der Waals surface area contributed by atoms with Gasteiger partial charge >= 0.3 is 5.51 Å². The van der Waals surface area contributed by atoms with Gasteiger partial charge in [0.25, 0.3) is 11.8 Å². The molecule has 5 nitrogen and oxygen atoms in total. The van der Waals surface area contributed by atoms with Crippen LogP contribution < -0.4 is 5.48 Å². The van der Waals surface area contributed by atoms with Crippen molar-refractivity contribution in [2.75, 3.05) is 6.54 Å². The molecule has 1 atom stereocenters. The van der Waals surface area contributed by atoms with Crippen molar-refractivity contribution in [3.8, 4) is 0 Å². The summed E-state index contributed by atoms with van der Waals surface area (Å²) in [6, 6.07) is 9.00. The van der Waals surface area contributed by atoms with Crippen LogP contribution >= 0.6 is 11.8 Å². The zero-order valence-corrected chi connectivity index (χ0v) is 16.4. The molecular formula is C20H18F4N2O3S. The molecule has 0 aliphatic carbocycles. The zero-order chi connectivity index (χ0) is 21.9. The van der Waals surface area contributed by atoms with E-state index in [0.717, 1.165) is 6.07 Å². The first-order valence-corrected chi connectivity index (χ1v) is 9.87. The quantitative estimate of drug-likeness (QED) is 0.308. The molecule has 10 heteroatoms. The fourth-order valence-corrected chi connectivity index (χ4v) is 3.97. The normalized spacial score (nSPS) is 16.2. The van der Waals surface area contributed by atoms with Gasteiger partial charge < -0.3 is 4.90 Å². The highest BCUT2D eigenvalue weighted by atomic mass is 32.2. The number of rotatable bonds is 6. The fraction of sp³-hybridized carbons (Fsp3) is 0.300. The van der Waals surface area contributed by atoms with Crippen LogP contribution in [0.2, 0.25) is 0 Å². The van der Waals surface area contributed by atoms with Gasteiger partial charge in [0.1, 0.15) is 11.9 Å². The van der Waals surface area contributed by atoms with Crippen LogP contribution in [-0.4, -0.2) is 40.0 Å². The highest BCUT2D eigenvalue weighted by Gasteiger charge is 2.38. The molecule has 0 bridgehead atoms. The summed E-state index contributed by atoms with van der Waals surface area (Å²) in [4.78, 5) is 25.3. The van der Waals surface area contributed by atoms with E-state index in [-0.39, 0.29) is 35.2 Å². The summed E-state index contributed by atoms with van der Waals surface area (Å²) >= 11 is -0.318. The topological polar surface area (TPSA) is 69.6 Å². The highest BCUT2D eigenvalue weighted by Crippen LogP contribution is 2.39. The maximum absolute atomic E-state index is 13.3. The van der Waals surface area contributed by atoms with E-state index < -0.39 is 29.2 Å². The van der Waals surface area contributed by atoms with Crippen LogP contribution in [-0.2, 0) is 17.6 Å². The van der Waals surface area contributed by atoms with E-state index in [9.17, 15) is 27.2 Å². The number of nitrogens with one attached hydrogen (secondary N) is 1. The summed E-state index contributed by atoms with van der Waals surface area (Å²) < 4.78 is 52.5. The summed E-state index contributed by atoms with van der Waals surface area (Å²) in [6.07, 6.45) is 0.922. The maximum atomic E-state index is 13.3. The number of hydrogen-bond donors (Lipinski definition) is 2. The minimum Gasteiger partial charge on any atom is -0.326 e. The Bertz CT molecular complexity index is 952. The number of benzene rings is 2. The molecule has 160 valence electrons. The molecule has 0 radical (unpaired) electrons. The molecule has 0 aromatic heterocycles. The molecule has 0 unspecified atom stereocenters. The first kappa shape index (κ1) is 22.1. The number of carbonyl (C=O) groups is 2. The van der Waals surface area contributed by atoms with Gasteiger partial charge in [0, 0.05) is 17.0 Å². The van der Waals surface area contributed by atoms with Crippen molar-refractivity contribution in [3.05, 3.63) is 65.0 Å². The number of hydrogen-bond acceptors (Lipinski definition) is 4. The zero-order valence-electron chi connectivity index (χ0n) is 15.6. The van der Waals surface area contributed by atoms with Gasteiger partial charge in [0.15, 0.2) is 0 Å². The molecule has 1 fully saturated rings. The number of aryl methyl sites for hydroxylation is 2. The summed E-state index contributed by atoms with van der Waals surface area (Å²) in [5, 5.41) is 8.73. The lowest BCUT2D eigenvalue weighted by molar-refractivity contribution is -0.137. The number of halogens is 4. The van der Waals surface area contributed by atoms with Crippen molar-refractivity contribution < 1.29 is 32.4 Å². The van der Waals surface area contributed by atoms with Gasteiger partial charge in [-0.3, -0.25) is 14.8 Å². The number of amides is 2. The Kier molecular flexibility index (Phi) is 6.67. The molecule has 30 heavy (non-hydrogen) atoms. The molecule has 0 spiro atoms. The molecule has 2 amide bonds. The first-order valence-electron chi connectivity index (χ1n) is 9.06. The number of likely N-dealkylation sites (tertiary alicyclic amines) is 1. The van der Waals surface area contributed by atoms with Crippen LogP contribution in [0.4, 0.5) is 17.6 Å². The fourth-order valence-electron chi connectivity index (χ4n) is 3.23. The molecule has 2 aromatic carbocycles. The number of alkyl halides is 3. The van der Waals surface area contributed by atoms with E-state index >= 15 is 0 Å². The maximum Gasteiger partial charge on any atom is 0.446 e. The smallest absolute Gasteiger partial charge is 0.326 e. The Labute approximate surface area is 174 Å². The second-order valence-electron chi connectivity index (χ2n) is 6.78. The number of nitrogens with zero attached hydrogens (tertiary/aromatic N) is 1. The summed E-state index contributed by atoms with van der Waals surface area (Å²) in [5.41, 5.74) is -2.02. The molecule has 0 saturated carbocycles. The largest absolute Gasteiger partial charge is 0.446 e. The Morgan fingerprint density at radius 1 is 1.17 bits per heavy atom. The van der Waals surface area contributed by atoms with E-state index in [1.54, 1.807) is 6.07 Å². The minimum atomic E-state index is -4.55. The third kappa shape index (κ3) is 5.31. The second-order valence-corrected chi connectivity index (χ2v) is 7.89. The van der Waals surface area contributed by atoms with Crippen LogP contribution in [0.25, 0.3) is 0 Å². The lowest BCUT2D eigenvalue weighted by Crippen LogP contribution is -2.57. The number of carbonyl (C=O) groups excluding carboxylic acids is 2. The third-order valence-electron chi connectivity index (χ3n) is 4.81. The van der Waals surface area contributed by atoms with Gasteiger partial charge in [-0.2, -0.15) is 13.2 Å². The summed E-state index contributed by atoms with van der Waals surface area (Å²) in [7, 11) is 0. The Hall–Kier alpha value is -2.59. The van der Waals surface area contributed by atoms with Crippen molar-refractivity contribution in [3.63, 3.8) is 0 Å². The van der Waals surface area contributed by atoms with E-state index in [2.05, 4.69) is 0 Å². The predicted octanol–water partition coefficient (Wildman–Crippen LogP) is 3.94. The van der Waals surface area contributed by atoms with Crippen LogP contribution in [0, 0.1) is 5.82 Å². The van der Waals surface area contributed by atoms with Crippen molar-refractivity contribution in [1.82, 2.24) is 10.4 Å². The van der Waals surface area contributed by atoms with E-state index in [0.29, 0.717) is 24.0 Å². The molecular weight excluding hydrogens is 424 g/mol. The number of hydroxylamine groups is 1. The monoisotopic (exact) mass is 442 g/mol. The number of thioether (sulfide) groups is 1. The SMILES string of the molecule is O=C(NO)[C@H]1CCN1C(=O)c1ccc(CCc2cccc(F)c2)c(SC(F)(F)F)c1. The van der Waals surface area contributed by atoms with Crippen LogP contribution in [0.3, 0.4) is 0 Å². The molecule has 1 heterocycles. The van der Waals surface area contributed by atoms with Gasteiger partial charge in [-0.05, 0) is 66.4 Å². The second kappa shape index (κ2) is 9.05. The molecule has 1 aliphatic heterocycles. The van der Waals surface area contributed by atoms with Gasteiger partial charge in [-0.25, -0.2) is 9.87 Å². The Balaban J connectivity index is 1.82. The predicted molar refractivity (Wildman–Crippen MR) is 102 cm³/mol. The van der Waals surface area contributed by atoms with Gasteiger partial charge in [-0.15, -0.1) is 0 Å².